The van der Waals surface area contributed by atoms with Gasteiger partial charge in [0.2, 0.25) is 0 Å². The molecule has 0 N–H and O–H groups in total. The summed E-state index contributed by atoms with van der Waals surface area (Å²) in [5.74, 6) is -16.5. The van der Waals surface area contributed by atoms with Gasteiger partial charge < -0.3 is 23.4 Å². The van der Waals surface area contributed by atoms with Gasteiger partial charge in [0.15, 0.2) is 11.5 Å². The van der Waals surface area contributed by atoms with Gasteiger partial charge in [0.25, 0.3) is 0 Å². The molecule has 5 aromatic rings. The Kier molecular flexibility index (Phi) is 11.3. The van der Waals surface area contributed by atoms with Gasteiger partial charge in [-0.15, -0.1) is 22.7 Å². The van der Waals surface area contributed by atoms with Gasteiger partial charge >= 0.3 is 17.8 Å². The maximum Gasteiger partial charge on any atom is 0.380 e. The molecule has 56 heavy (non-hydrogen) atoms. The minimum atomic E-state index is -5.79. The molecule has 1 aliphatic carbocycles. The fourth-order valence-corrected chi connectivity index (χ4v) is 8.93. The number of furan rings is 1. The van der Waals surface area contributed by atoms with E-state index >= 15 is 26.3 Å². The Labute approximate surface area is 331 Å². The normalized spacial score (nSPS) is 16.6. The summed E-state index contributed by atoms with van der Waals surface area (Å²) in [5.41, 5.74) is -3.31. The Morgan fingerprint density at radius 1 is 0.661 bits per heavy atom. The van der Waals surface area contributed by atoms with Gasteiger partial charge in [-0.3, -0.25) is 0 Å². The van der Waals surface area contributed by atoms with Crippen LogP contribution in [0.25, 0.3) is 43.2 Å². The lowest BCUT2D eigenvalue weighted by molar-refractivity contribution is -0.254. The first-order valence-electron chi connectivity index (χ1n) is 18.3. The molecule has 0 bridgehead atoms. The molecule has 0 amide bonds. The lowest BCUT2D eigenvalue weighted by Crippen LogP contribution is -2.48. The summed E-state index contributed by atoms with van der Waals surface area (Å²) in [4.78, 5) is 2.52. The van der Waals surface area contributed by atoms with Crippen molar-refractivity contribution in [1.82, 2.24) is 0 Å². The smallest absolute Gasteiger partial charge is 0.380 e. The fourth-order valence-electron chi connectivity index (χ4n) is 6.68. The molecule has 3 aromatic heterocycles. The minimum absolute atomic E-state index is 0.00832. The molecular weight excluding hydrogens is 775 g/mol. The zero-order chi connectivity index (χ0) is 41.0. The van der Waals surface area contributed by atoms with Gasteiger partial charge in [0.1, 0.15) is 24.6 Å². The number of aryl methyl sites for hydroxylation is 1. The molecule has 0 saturated carbocycles. The second-order valence-corrected chi connectivity index (χ2v) is 18.0. The van der Waals surface area contributed by atoms with E-state index < -0.39 is 34.5 Å². The maximum absolute atomic E-state index is 16.7. The topological polar surface area (TPSA) is 50.1 Å². The summed E-state index contributed by atoms with van der Waals surface area (Å²) < 4.78 is 127. The molecular formula is C43H46F6O5S2. The largest absolute Gasteiger partial charge is 0.487 e. The van der Waals surface area contributed by atoms with Crippen molar-refractivity contribution >= 4 is 44.8 Å². The minimum Gasteiger partial charge on any atom is -0.487 e. The molecule has 6 rings (SSSR count). The van der Waals surface area contributed by atoms with Crippen molar-refractivity contribution in [3.05, 3.63) is 81.0 Å². The number of halogens is 6. The molecule has 5 nitrogen and oxygen atoms in total. The number of hydrogen-bond acceptors (Lipinski definition) is 7. The number of fused-ring (bicyclic) bond motifs is 1. The monoisotopic (exact) mass is 820 g/mol. The van der Waals surface area contributed by atoms with E-state index in [9.17, 15) is 0 Å². The highest BCUT2D eigenvalue weighted by Crippen LogP contribution is 2.67. The van der Waals surface area contributed by atoms with Crippen molar-refractivity contribution in [3.63, 3.8) is 0 Å². The van der Waals surface area contributed by atoms with Gasteiger partial charge in [0, 0.05) is 67.5 Å². The Bertz CT molecular complexity index is 2230. The van der Waals surface area contributed by atoms with Crippen LogP contribution in [0, 0.1) is 0 Å². The second-order valence-electron chi connectivity index (χ2n) is 15.8. The lowest BCUT2D eigenvalue weighted by Gasteiger charge is -2.26. The third-order valence-electron chi connectivity index (χ3n) is 9.76. The summed E-state index contributed by atoms with van der Waals surface area (Å²) >= 11 is 2.57. The average Bonchev–Trinajstić information content (AvgIpc) is 3.89. The first-order chi connectivity index (χ1) is 26.2. The van der Waals surface area contributed by atoms with Crippen LogP contribution in [0.15, 0.2) is 59.0 Å². The third-order valence-corrected chi connectivity index (χ3v) is 12.7. The zero-order valence-electron chi connectivity index (χ0n) is 32.9. The molecule has 0 unspecified atom stereocenters. The van der Waals surface area contributed by atoms with Crippen LogP contribution in [0.5, 0.6) is 11.5 Å². The number of hydrogen-bond donors (Lipinski definition) is 0. The quantitative estimate of drug-likeness (QED) is 0.0875. The highest BCUT2D eigenvalue weighted by atomic mass is 32.1. The molecule has 0 spiro atoms. The van der Waals surface area contributed by atoms with Gasteiger partial charge in [-0.2, -0.15) is 26.3 Å². The maximum atomic E-state index is 16.7. The Morgan fingerprint density at radius 2 is 1.25 bits per heavy atom. The molecule has 13 heteroatoms. The van der Waals surface area contributed by atoms with Gasteiger partial charge in [0.05, 0.1) is 13.2 Å². The SMILES string of the molecule is CCc1sc(-c2ccc(C(C)(C)C)s2)cc1C1=C(c2c(-c3ccc(C(C)(C)C)cc3)oc3cc(OCCOC)c(OCCOC)cc23)C(F)(F)C(F)(F)C1(F)F. The van der Waals surface area contributed by atoms with Crippen LogP contribution < -0.4 is 9.47 Å². The van der Waals surface area contributed by atoms with Gasteiger partial charge in [-0.05, 0) is 52.6 Å². The van der Waals surface area contributed by atoms with Crippen LogP contribution in [0.1, 0.15) is 74.9 Å². The van der Waals surface area contributed by atoms with Crippen molar-refractivity contribution in [2.75, 3.05) is 40.6 Å². The standard InChI is InChI=1S/C43H46F6O5S2/c1-10-31-27(22-33(55-31)32-15-16-34(56-32)40(5,6)7)36-37(42(46,47)43(48,49)41(36,44)45)35-26-21-29(52-19-17-50-8)30(53-20-18-51-9)23-28(26)54-38(35)24-11-13-25(14-12-24)39(2,3)4/h11-16,21-23H,10,17-20H2,1-9H3. The number of alkyl halides is 6. The summed E-state index contributed by atoms with van der Waals surface area (Å²) in [6, 6.07) is 14.6. The van der Waals surface area contributed by atoms with Gasteiger partial charge in [-0.25, -0.2) is 0 Å². The van der Waals surface area contributed by atoms with E-state index in [-0.39, 0.29) is 87.9 Å². The average molecular weight is 821 g/mol. The van der Waals surface area contributed by atoms with Crippen molar-refractivity contribution < 1.29 is 49.7 Å². The predicted octanol–water partition coefficient (Wildman–Crippen LogP) is 12.9. The predicted molar refractivity (Wildman–Crippen MR) is 212 cm³/mol. The molecule has 0 atom stereocenters. The van der Waals surface area contributed by atoms with E-state index in [4.69, 9.17) is 23.4 Å². The molecule has 0 aliphatic heterocycles. The Hall–Kier alpha value is -3.78. The van der Waals surface area contributed by atoms with Crippen LogP contribution in [-0.2, 0) is 26.7 Å². The van der Waals surface area contributed by atoms with E-state index in [2.05, 4.69) is 0 Å². The molecule has 0 saturated heterocycles. The van der Waals surface area contributed by atoms with E-state index in [1.165, 1.54) is 43.8 Å². The van der Waals surface area contributed by atoms with Crippen molar-refractivity contribution in [2.24, 2.45) is 0 Å². The third kappa shape index (κ3) is 7.29. The first kappa shape index (κ1) is 41.8. The fraction of sp³-hybridized carbons (Fsp3) is 0.442. The van der Waals surface area contributed by atoms with Crippen LogP contribution in [0.4, 0.5) is 26.3 Å². The van der Waals surface area contributed by atoms with Crippen LogP contribution in [0.2, 0.25) is 0 Å². The molecule has 302 valence electrons. The van der Waals surface area contributed by atoms with Crippen molar-refractivity contribution in [1.29, 1.82) is 0 Å². The van der Waals surface area contributed by atoms with Crippen LogP contribution in [-0.4, -0.2) is 58.4 Å². The second kappa shape index (κ2) is 15.2. The number of methoxy groups -OCH3 is 2. The highest BCUT2D eigenvalue weighted by molar-refractivity contribution is 7.22. The van der Waals surface area contributed by atoms with E-state index in [0.29, 0.717) is 4.88 Å². The van der Waals surface area contributed by atoms with Crippen LogP contribution in [0.3, 0.4) is 0 Å². The zero-order valence-corrected chi connectivity index (χ0v) is 34.5. The van der Waals surface area contributed by atoms with E-state index in [1.54, 1.807) is 31.2 Å². The van der Waals surface area contributed by atoms with Crippen molar-refractivity contribution in [2.45, 2.75) is 83.5 Å². The van der Waals surface area contributed by atoms with Crippen molar-refractivity contribution in [3.8, 4) is 32.6 Å². The summed E-state index contributed by atoms with van der Waals surface area (Å²) in [6.45, 7) is 14.2. The number of benzene rings is 2. The Morgan fingerprint density at radius 3 is 1.79 bits per heavy atom. The van der Waals surface area contributed by atoms with E-state index in [1.807, 2.05) is 53.7 Å². The lowest BCUT2D eigenvalue weighted by atomic mass is 9.86. The summed E-state index contributed by atoms with van der Waals surface area (Å²) in [6.07, 6.45) is 0.133. The molecule has 3 heterocycles. The number of rotatable bonds is 13. The number of ether oxygens (including phenoxy) is 4. The molecule has 1 aliphatic rings. The van der Waals surface area contributed by atoms with E-state index in [0.717, 1.165) is 26.7 Å². The molecule has 2 aromatic carbocycles. The highest BCUT2D eigenvalue weighted by Gasteiger charge is 2.80. The Balaban J connectivity index is 1.71. The van der Waals surface area contributed by atoms with Gasteiger partial charge in [-0.1, -0.05) is 72.7 Å². The molecule has 0 radical (unpaired) electrons. The van der Waals surface area contributed by atoms with Crippen LogP contribution >= 0.6 is 22.7 Å². The number of allylic oxidation sites excluding steroid dienone is 2. The summed E-state index contributed by atoms with van der Waals surface area (Å²) in [5, 5.41) is -0.131. The first-order valence-corrected chi connectivity index (χ1v) is 19.9. The number of thiophene rings is 2. The molecule has 0 fully saturated rings. The summed E-state index contributed by atoms with van der Waals surface area (Å²) in [7, 11) is 2.95.